The van der Waals surface area contributed by atoms with Gasteiger partial charge >= 0.3 is 0 Å². The lowest BCUT2D eigenvalue weighted by Gasteiger charge is -1.90. The van der Waals surface area contributed by atoms with Crippen molar-refractivity contribution in [3.8, 4) is 0 Å². The second-order valence-electron chi connectivity index (χ2n) is 2.47. The van der Waals surface area contributed by atoms with Crippen LogP contribution in [0.25, 0.3) is 6.08 Å². The third kappa shape index (κ3) is 3.16. The van der Waals surface area contributed by atoms with Crippen LogP contribution in [0, 0.1) is 0 Å². The van der Waals surface area contributed by atoms with E-state index >= 15 is 0 Å². The molecule has 0 N–H and O–H groups in total. The Morgan fingerprint density at radius 1 is 1.27 bits per heavy atom. The molecule has 0 saturated heterocycles. The maximum atomic E-state index is 10.8. The minimum absolute atomic E-state index is 1.11. The predicted molar refractivity (Wildman–Crippen MR) is 49.2 cm³/mol. The summed E-state index contributed by atoms with van der Waals surface area (Å²) in [4.78, 5) is 10.8. The SMILES string of the molecule is C[SiH]([O])C=Cc1ccccc1. The van der Waals surface area contributed by atoms with Crippen molar-refractivity contribution in [3.63, 3.8) is 0 Å². The molecule has 0 amide bonds. The van der Waals surface area contributed by atoms with E-state index in [0.717, 1.165) is 5.56 Å². The minimum atomic E-state index is -1.77. The van der Waals surface area contributed by atoms with Crippen molar-refractivity contribution in [2.45, 2.75) is 6.55 Å². The van der Waals surface area contributed by atoms with Crippen molar-refractivity contribution in [1.29, 1.82) is 0 Å². The summed E-state index contributed by atoms with van der Waals surface area (Å²) in [6.45, 7) is 1.76. The Labute approximate surface area is 68.7 Å². The predicted octanol–water partition coefficient (Wildman–Crippen LogP) is 2.02. The zero-order valence-electron chi connectivity index (χ0n) is 6.53. The topological polar surface area (TPSA) is 19.9 Å². The summed E-state index contributed by atoms with van der Waals surface area (Å²) in [5.41, 5.74) is 2.90. The lowest BCUT2D eigenvalue weighted by molar-refractivity contribution is 0.464. The summed E-state index contributed by atoms with van der Waals surface area (Å²) in [5.74, 6) is 0. The first-order chi connectivity index (χ1) is 5.29. The summed E-state index contributed by atoms with van der Waals surface area (Å²) < 4.78 is 0. The first-order valence-electron chi connectivity index (χ1n) is 3.68. The van der Waals surface area contributed by atoms with Gasteiger partial charge in [0.2, 0.25) is 9.04 Å². The van der Waals surface area contributed by atoms with Gasteiger partial charge in [0.15, 0.2) is 0 Å². The van der Waals surface area contributed by atoms with Crippen LogP contribution in [0.2, 0.25) is 6.55 Å². The molecule has 0 aliphatic rings. The molecule has 1 aromatic carbocycles. The van der Waals surface area contributed by atoms with Crippen LogP contribution in [0.3, 0.4) is 0 Å². The molecule has 1 unspecified atom stereocenters. The van der Waals surface area contributed by atoms with Gasteiger partial charge in [-0.2, -0.15) is 0 Å². The molecular weight excluding hydrogens is 152 g/mol. The Bertz CT molecular complexity index is 229. The van der Waals surface area contributed by atoms with E-state index in [1.54, 1.807) is 12.2 Å². The molecule has 1 atom stereocenters. The van der Waals surface area contributed by atoms with Crippen LogP contribution in [0.5, 0.6) is 0 Å². The minimum Gasteiger partial charge on any atom is -0.297 e. The molecule has 11 heavy (non-hydrogen) atoms. The van der Waals surface area contributed by atoms with Gasteiger partial charge in [0, 0.05) is 0 Å². The van der Waals surface area contributed by atoms with Crippen LogP contribution >= 0.6 is 0 Å². The smallest absolute Gasteiger partial charge is 0.242 e. The fourth-order valence-electron chi connectivity index (χ4n) is 0.811. The fourth-order valence-corrected chi connectivity index (χ4v) is 1.30. The molecule has 0 bridgehead atoms. The van der Waals surface area contributed by atoms with Crippen molar-refractivity contribution in [3.05, 3.63) is 41.6 Å². The van der Waals surface area contributed by atoms with Crippen LogP contribution in [0.15, 0.2) is 36.0 Å². The Morgan fingerprint density at radius 2 is 1.91 bits per heavy atom. The van der Waals surface area contributed by atoms with E-state index in [-0.39, 0.29) is 0 Å². The highest BCUT2D eigenvalue weighted by molar-refractivity contribution is 6.55. The van der Waals surface area contributed by atoms with E-state index in [0.29, 0.717) is 0 Å². The Hall–Kier alpha value is -0.863. The Kier molecular flexibility index (Phi) is 3.07. The highest BCUT2D eigenvalue weighted by Crippen LogP contribution is 2.00. The molecule has 1 rings (SSSR count). The Morgan fingerprint density at radius 3 is 2.45 bits per heavy atom. The van der Waals surface area contributed by atoms with E-state index in [9.17, 15) is 4.80 Å². The molecule has 0 fully saturated rings. The number of hydrogen-bond acceptors (Lipinski definition) is 0. The highest BCUT2D eigenvalue weighted by atomic mass is 28.3. The van der Waals surface area contributed by atoms with Crippen molar-refractivity contribution in [1.82, 2.24) is 0 Å². The number of benzene rings is 1. The van der Waals surface area contributed by atoms with Crippen LogP contribution in [-0.2, 0) is 4.80 Å². The van der Waals surface area contributed by atoms with Gasteiger partial charge in [-0.25, -0.2) is 0 Å². The number of rotatable bonds is 2. The third-order valence-electron chi connectivity index (χ3n) is 1.36. The van der Waals surface area contributed by atoms with Gasteiger partial charge in [-0.1, -0.05) is 42.1 Å². The quantitative estimate of drug-likeness (QED) is 0.594. The largest absolute Gasteiger partial charge is 0.297 e. The van der Waals surface area contributed by atoms with Crippen molar-refractivity contribution in [2.24, 2.45) is 0 Å². The van der Waals surface area contributed by atoms with Crippen molar-refractivity contribution in [2.75, 3.05) is 0 Å². The summed E-state index contributed by atoms with van der Waals surface area (Å²) in [7, 11) is -1.77. The van der Waals surface area contributed by atoms with E-state index in [4.69, 9.17) is 0 Å². The van der Waals surface area contributed by atoms with Gasteiger partial charge in [0.05, 0.1) is 0 Å². The van der Waals surface area contributed by atoms with Crippen LogP contribution in [0.1, 0.15) is 5.56 Å². The molecule has 0 spiro atoms. The molecule has 0 heterocycles. The molecule has 2 heteroatoms. The zero-order valence-corrected chi connectivity index (χ0v) is 7.68. The maximum Gasteiger partial charge on any atom is 0.242 e. The molecule has 1 radical (unpaired) electrons. The summed E-state index contributed by atoms with van der Waals surface area (Å²) in [6.07, 6.45) is 1.91. The Balaban J connectivity index is 2.65. The van der Waals surface area contributed by atoms with Gasteiger partial charge in [-0.05, 0) is 12.1 Å². The average molecular weight is 163 g/mol. The van der Waals surface area contributed by atoms with Crippen LogP contribution < -0.4 is 0 Å². The lowest BCUT2D eigenvalue weighted by atomic mass is 10.2. The summed E-state index contributed by atoms with van der Waals surface area (Å²) >= 11 is 0. The summed E-state index contributed by atoms with van der Waals surface area (Å²) in [6, 6.07) is 9.89. The molecule has 1 aromatic rings. The standard InChI is InChI=1S/C9H11OSi/c1-11(10)8-7-9-5-3-2-4-6-9/h2-8,11H,1H3. The first kappa shape index (κ1) is 8.24. The van der Waals surface area contributed by atoms with Crippen LogP contribution in [-0.4, -0.2) is 9.04 Å². The molecule has 0 saturated carbocycles. The van der Waals surface area contributed by atoms with Gasteiger partial charge in [0.25, 0.3) is 0 Å². The van der Waals surface area contributed by atoms with Crippen molar-refractivity contribution >= 4 is 15.1 Å². The molecule has 0 aromatic heterocycles. The van der Waals surface area contributed by atoms with E-state index in [2.05, 4.69) is 0 Å². The lowest BCUT2D eigenvalue weighted by Crippen LogP contribution is -1.95. The van der Waals surface area contributed by atoms with E-state index in [1.807, 2.05) is 36.4 Å². The fraction of sp³-hybridized carbons (Fsp3) is 0.111. The molecule has 0 aliphatic heterocycles. The normalized spacial score (nSPS) is 13.6. The van der Waals surface area contributed by atoms with Gasteiger partial charge < -0.3 is 0 Å². The second-order valence-corrected chi connectivity index (χ2v) is 4.27. The number of hydrogen-bond donors (Lipinski definition) is 0. The summed E-state index contributed by atoms with van der Waals surface area (Å²) in [5, 5.41) is 0. The molecule has 57 valence electrons. The molecular formula is C9H11OSi. The second kappa shape index (κ2) is 4.11. The zero-order chi connectivity index (χ0) is 8.10. The maximum absolute atomic E-state index is 10.8. The third-order valence-corrected chi connectivity index (χ3v) is 2.09. The molecule has 0 aliphatic carbocycles. The van der Waals surface area contributed by atoms with Gasteiger partial charge in [-0.15, -0.1) is 0 Å². The first-order valence-corrected chi connectivity index (χ1v) is 5.97. The van der Waals surface area contributed by atoms with E-state index in [1.165, 1.54) is 0 Å². The van der Waals surface area contributed by atoms with E-state index < -0.39 is 9.04 Å². The van der Waals surface area contributed by atoms with Crippen molar-refractivity contribution < 1.29 is 4.80 Å². The van der Waals surface area contributed by atoms with Gasteiger partial charge in [-0.3, -0.25) is 4.80 Å². The average Bonchev–Trinajstić information content (AvgIpc) is 2.03. The monoisotopic (exact) mass is 163 g/mol. The molecule has 1 nitrogen and oxygen atoms in total. The highest BCUT2D eigenvalue weighted by Gasteiger charge is 1.91. The van der Waals surface area contributed by atoms with Gasteiger partial charge in [0.1, 0.15) is 0 Å². The van der Waals surface area contributed by atoms with Crippen LogP contribution in [0.4, 0.5) is 0 Å².